The summed E-state index contributed by atoms with van der Waals surface area (Å²) in [6.07, 6.45) is 3.17. The average Bonchev–Trinajstić information content (AvgIpc) is 3.45. The van der Waals surface area contributed by atoms with Crippen molar-refractivity contribution in [1.29, 1.82) is 0 Å². The lowest BCUT2D eigenvalue weighted by atomic mass is 9.92. The van der Waals surface area contributed by atoms with E-state index < -0.39 is 18.0 Å². The van der Waals surface area contributed by atoms with Gasteiger partial charge in [0.05, 0.1) is 33.0 Å². The highest BCUT2D eigenvalue weighted by Crippen LogP contribution is 2.36. The lowest BCUT2D eigenvalue weighted by Crippen LogP contribution is -2.42. The topological polar surface area (TPSA) is 91.9 Å². The van der Waals surface area contributed by atoms with Gasteiger partial charge in [0, 0.05) is 58.8 Å². The number of anilines is 2. The van der Waals surface area contributed by atoms with E-state index in [2.05, 4.69) is 47.6 Å². The van der Waals surface area contributed by atoms with Gasteiger partial charge in [-0.3, -0.25) is 14.5 Å². The van der Waals surface area contributed by atoms with Crippen LogP contribution in [0.2, 0.25) is 0 Å². The van der Waals surface area contributed by atoms with Gasteiger partial charge in [-0.05, 0) is 50.1 Å². The molecule has 0 bridgehead atoms. The molecule has 0 saturated carbocycles. The first-order valence-corrected chi connectivity index (χ1v) is 14.6. The van der Waals surface area contributed by atoms with Gasteiger partial charge in [-0.15, -0.1) is 0 Å². The Morgan fingerprint density at radius 1 is 0.860 bits per heavy atom. The second kappa shape index (κ2) is 12.0. The van der Waals surface area contributed by atoms with Gasteiger partial charge in [0.1, 0.15) is 13.2 Å². The van der Waals surface area contributed by atoms with Crippen LogP contribution < -0.4 is 9.80 Å². The molecule has 3 aliphatic heterocycles. The van der Waals surface area contributed by atoms with Crippen molar-refractivity contribution in [3.8, 4) is 0 Å². The molecule has 1 saturated heterocycles. The summed E-state index contributed by atoms with van der Waals surface area (Å²) < 4.78 is 16.0. The van der Waals surface area contributed by atoms with Gasteiger partial charge in [0.25, 0.3) is 11.8 Å². The first-order valence-electron chi connectivity index (χ1n) is 14.6. The Morgan fingerprint density at radius 2 is 1.53 bits per heavy atom. The highest BCUT2D eigenvalue weighted by atomic mass is 16.7. The molecule has 0 atom stereocenters. The highest BCUT2D eigenvalue weighted by Gasteiger charge is 2.34. The number of benzene rings is 3. The zero-order chi connectivity index (χ0) is 30.1. The normalized spacial score (nSPS) is 16.4. The Hall–Kier alpha value is -4.57. The molecule has 0 spiro atoms. The monoisotopic (exact) mass is 584 g/mol. The minimum absolute atomic E-state index is 0.0626. The minimum atomic E-state index is -0.834. The number of hydrogen-bond acceptors (Lipinski definition) is 9. The summed E-state index contributed by atoms with van der Waals surface area (Å²) in [4.78, 5) is 46.6. The predicted octanol–water partition coefficient (Wildman–Crippen LogP) is 4.60. The average molecular weight is 585 g/mol. The summed E-state index contributed by atoms with van der Waals surface area (Å²) in [7, 11) is 0. The van der Waals surface area contributed by atoms with E-state index in [-0.39, 0.29) is 19.8 Å². The molecule has 3 aliphatic rings. The second-order valence-electron chi connectivity index (χ2n) is 11.1. The maximum absolute atomic E-state index is 13.4. The molecule has 1 fully saturated rings. The maximum atomic E-state index is 13.4. The molecule has 6 rings (SSSR count). The van der Waals surface area contributed by atoms with Gasteiger partial charge in [-0.2, -0.15) is 0 Å². The van der Waals surface area contributed by atoms with E-state index in [1.54, 1.807) is 12.1 Å². The zero-order valence-corrected chi connectivity index (χ0v) is 24.8. The maximum Gasteiger partial charge on any atom is 0.508 e. The van der Waals surface area contributed by atoms with Crippen molar-refractivity contribution in [1.82, 2.24) is 9.80 Å². The van der Waals surface area contributed by atoms with E-state index in [0.717, 1.165) is 29.1 Å². The summed E-state index contributed by atoms with van der Waals surface area (Å²) in [6, 6.07) is 13.6. The van der Waals surface area contributed by atoms with Crippen molar-refractivity contribution >= 4 is 40.1 Å². The molecule has 43 heavy (non-hydrogen) atoms. The van der Waals surface area contributed by atoms with Crippen molar-refractivity contribution in [3.05, 3.63) is 82.7 Å². The molecule has 10 nitrogen and oxygen atoms in total. The Kier molecular flexibility index (Phi) is 7.94. The molecular formula is C33H36N4O6. The molecule has 0 N–H and O–H groups in total. The van der Waals surface area contributed by atoms with Gasteiger partial charge >= 0.3 is 6.16 Å². The van der Waals surface area contributed by atoms with E-state index in [1.165, 1.54) is 22.4 Å². The SMILES string of the molecule is Cc1cc(C)c(N2C=CN(CCOC(=O)OCCN3C(=O)c4cccc5c(N6CCOCC6)ccc(c45)C3=O)C2)c(C)c1. The molecule has 2 amide bonds. The third kappa shape index (κ3) is 5.62. The van der Waals surface area contributed by atoms with E-state index >= 15 is 0 Å². The Morgan fingerprint density at radius 3 is 2.26 bits per heavy atom. The largest absolute Gasteiger partial charge is 0.508 e. The van der Waals surface area contributed by atoms with Crippen LogP contribution in [-0.4, -0.2) is 87.0 Å². The number of morpholine rings is 1. The number of carbonyl (C=O) groups excluding carboxylic acids is 3. The standard InChI is InChI=1S/C33H36N4O6/c1-22-19-23(2)30(24(3)20-22)36-10-9-34(21-36)11-17-42-33(40)43-18-14-37-31(38)26-6-4-5-25-28(35-12-15-41-16-13-35)8-7-27(29(25)26)32(37)39/h4-10,19-20H,11-18,21H2,1-3H3. The van der Waals surface area contributed by atoms with Crippen LogP contribution >= 0.6 is 0 Å². The van der Waals surface area contributed by atoms with Crippen LogP contribution in [0.1, 0.15) is 37.4 Å². The van der Waals surface area contributed by atoms with Crippen LogP contribution in [0, 0.1) is 20.8 Å². The molecule has 0 unspecified atom stereocenters. The van der Waals surface area contributed by atoms with Gasteiger partial charge in [-0.1, -0.05) is 29.8 Å². The Bertz CT molecular complexity index is 1570. The molecule has 0 aliphatic carbocycles. The number of ether oxygens (including phenoxy) is 3. The fourth-order valence-electron chi connectivity index (χ4n) is 6.30. The summed E-state index contributed by atoms with van der Waals surface area (Å²) in [5.74, 6) is -0.799. The lowest BCUT2D eigenvalue weighted by molar-refractivity contribution is 0.0380. The van der Waals surface area contributed by atoms with Crippen molar-refractivity contribution in [2.24, 2.45) is 0 Å². The van der Waals surface area contributed by atoms with Crippen LogP contribution in [0.25, 0.3) is 10.8 Å². The number of aryl methyl sites for hydroxylation is 3. The van der Waals surface area contributed by atoms with Crippen LogP contribution in [0.5, 0.6) is 0 Å². The lowest BCUT2D eigenvalue weighted by Gasteiger charge is -2.32. The van der Waals surface area contributed by atoms with Gasteiger partial charge in [0.2, 0.25) is 0 Å². The number of amides is 2. The number of imide groups is 1. The van der Waals surface area contributed by atoms with Crippen LogP contribution in [0.3, 0.4) is 0 Å². The fourth-order valence-corrected chi connectivity index (χ4v) is 6.30. The molecule has 3 heterocycles. The molecule has 0 aromatic heterocycles. The van der Waals surface area contributed by atoms with E-state index in [9.17, 15) is 14.4 Å². The van der Waals surface area contributed by atoms with Crippen LogP contribution in [-0.2, 0) is 14.2 Å². The van der Waals surface area contributed by atoms with Gasteiger partial charge in [0.15, 0.2) is 0 Å². The minimum Gasteiger partial charge on any atom is -0.432 e. The van der Waals surface area contributed by atoms with Gasteiger partial charge in [-0.25, -0.2) is 4.79 Å². The van der Waals surface area contributed by atoms with Crippen LogP contribution in [0.4, 0.5) is 16.2 Å². The van der Waals surface area contributed by atoms with Crippen molar-refractivity contribution in [3.63, 3.8) is 0 Å². The first-order chi connectivity index (χ1) is 20.8. The van der Waals surface area contributed by atoms with Crippen molar-refractivity contribution < 1.29 is 28.6 Å². The highest BCUT2D eigenvalue weighted by molar-refractivity contribution is 6.26. The molecular weight excluding hydrogens is 548 g/mol. The Balaban J connectivity index is 1.00. The summed E-state index contributed by atoms with van der Waals surface area (Å²) in [5, 5.41) is 1.54. The third-order valence-electron chi connectivity index (χ3n) is 8.17. The molecule has 224 valence electrons. The van der Waals surface area contributed by atoms with Crippen LogP contribution in [0.15, 0.2) is 54.9 Å². The van der Waals surface area contributed by atoms with E-state index in [4.69, 9.17) is 14.2 Å². The summed E-state index contributed by atoms with van der Waals surface area (Å²) in [5.41, 5.74) is 6.77. The fraction of sp³-hybridized carbons (Fsp3) is 0.364. The first kappa shape index (κ1) is 28.5. The number of hydrogen-bond donors (Lipinski definition) is 0. The number of rotatable bonds is 8. The predicted molar refractivity (Wildman–Crippen MR) is 163 cm³/mol. The zero-order valence-electron chi connectivity index (χ0n) is 24.8. The molecule has 10 heteroatoms. The Labute approximate surface area is 251 Å². The smallest absolute Gasteiger partial charge is 0.432 e. The van der Waals surface area contributed by atoms with Crippen molar-refractivity contribution in [2.75, 3.05) is 69.1 Å². The van der Waals surface area contributed by atoms with Crippen molar-refractivity contribution in [2.45, 2.75) is 20.8 Å². The molecule has 3 aromatic rings. The third-order valence-corrected chi connectivity index (χ3v) is 8.17. The van der Waals surface area contributed by atoms with E-state index in [0.29, 0.717) is 42.9 Å². The van der Waals surface area contributed by atoms with E-state index in [1.807, 2.05) is 30.6 Å². The summed E-state index contributed by atoms with van der Waals surface area (Å²) in [6.45, 7) is 10.2. The quantitative estimate of drug-likeness (QED) is 0.278. The second-order valence-corrected chi connectivity index (χ2v) is 11.1. The van der Waals surface area contributed by atoms with Gasteiger partial charge < -0.3 is 28.9 Å². The number of nitrogens with zero attached hydrogens (tertiary/aromatic N) is 4. The molecule has 0 radical (unpaired) electrons. The molecule has 3 aromatic carbocycles. The summed E-state index contributed by atoms with van der Waals surface area (Å²) >= 11 is 0. The number of carbonyl (C=O) groups is 3.